The summed E-state index contributed by atoms with van der Waals surface area (Å²) >= 11 is 0. The molecule has 1 amide bonds. The van der Waals surface area contributed by atoms with Crippen LogP contribution in [0.5, 0.6) is 11.5 Å². The van der Waals surface area contributed by atoms with E-state index in [1.165, 1.54) is 18.2 Å². The lowest BCUT2D eigenvalue weighted by atomic mass is 10.0. The van der Waals surface area contributed by atoms with Crippen molar-refractivity contribution in [2.24, 2.45) is 5.16 Å². The van der Waals surface area contributed by atoms with Crippen molar-refractivity contribution in [3.63, 3.8) is 0 Å². The van der Waals surface area contributed by atoms with Crippen LogP contribution in [0.2, 0.25) is 0 Å². The lowest BCUT2D eigenvalue weighted by Gasteiger charge is -2.10. The zero-order chi connectivity index (χ0) is 21.6. The number of nitrogens with one attached hydrogen (secondary N) is 1. The van der Waals surface area contributed by atoms with Gasteiger partial charge in [-0.3, -0.25) is 10.2 Å². The fraction of sp³-hybridized carbons (Fsp3) is 0.0400. The van der Waals surface area contributed by atoms with Gasteiger partial charge in [-0.25, -0.2) is 4.79 Å². The SMILES string of the molecule is O=C(Nc1cccc2ccccc12)O/N=C(/Cc1ccccc1)c1ccc(O)cc1O. The maximum Gasteiger partial charge on any atom is 0.437 e. The number of phenols is 2. The standard InChI is InChI=1S/C25H20N2O4/c28-19-13-14-21(24(29)16-19)23(15-17-7-2-1-3-8-17)27-31-25(30)26-22-12-6-10-18-9-4-5-11-20(18)22/h1-14,16,28-29H,15H2,(H,26,30)/b27-23-. The third-order valence-corrected chi connectivity index (χ3v) is 4.77. The Morgan fingerprint density at radius 2 is 1.61 bits per heavy atom. The third kappa shape index (κ3) is 4.82. The van der Waals surface area contributed by atoms with Gasteiger partial charge in [0.25, 0.3) is 0 Å². The summed E-state index contributed by atoms with van der Waals surface area (Å²) in [6.45, 7) is 0. The van der Waals surface area contributed by atoms with Gasteiger partial charge in [-0.05, 0) is 29.1 Å². The molecule has 0 radical (unpaired) electrons. The minimum atomic E-state index is -0.750. The Morgan fingerprint density at radius 3 is 2.42 bits per heavy atom. The van der Waals surface area contributed by atoms with Crippen molar-refractivity contribution in [1.82, 2.24) is 0 Å². The van der Waals surface area contributed by atoms with E-state index in [-0.39, 0.29) is 11.5 Å². The number of hydrogen-bond donors (Lipinski definition) is 3. The van der Waals surface area contributed by atoms with Crippen molar-refractivity contribution in [2.75, 3.05) is 5.32 Å². The Kier molecular flexibility index (Phi) is 5.80. The van der Waals surface area contributed by atoms with Gasteiger partial charge >= 0.3 is 6.09 Å². The number of benzene rings is 4. The molecule has 0 spiro atoms. The van der Waals surface area contributed by atoms with Crippen molar-refractivity contribution in [2.45, 2.75) is 6.42 Å². The number of amides is 1. The van der Waals surface area contributed by atoms with Crippen molar-refractivity contribution in [3.8, 4) is 11.5 Å². The zero-order valence-electron chi connectivity index (χ0n) is 16.5. The van der Waals surface area contributed by atoms with Gasteiger partial charge in [0.1, 0.15) is 11.5 Å². The van der Waals surface area contributed by atoms with E-state index in [1.54, 1.807) is 6.07 Å². The zero-order valence-corrected chi connectivity index (χ0v) is 16.5. The average molecular weight is 412 g/mol. The molecule has 0 aromatic heterocycles. The number of carbonyl (C=O) groups excluding carboxylic acids is 1. The molecule has 154 valence electrons. The Labute approximate surface area is 179 Å². The fourth-order valence-corrected chi connectivity index (χ4v) is 3.29. The molecule has 0 saturated carbocycles. The van der Waals surface area contributed by atoms with Crippen LogP contribution in [0.25, 0.3) is 10.8 Å². The van der Waals surface area contributed by atoms with E-state index in [1.807, 2.05) is 66.7 Å². The number of carbonyl (C=O) groups is 1. The summed E-state index contributed by atoms with van der Waals surface area (Å²) in [5.41, 5.74) is 2.23. The Hall–Kier alpha value is -4.32. The van der Waals surface area contributed by atoms with E-state index in [0.29, 0.717) is 23.4 Å². The molecule has 0 bridgehead atoms. The topological polar surface area (TPSA) is 91.2 Å². The molecular weight excluding hydrogens is 392 g/mol. The molecule has 4 aromatic carbocycles. The van der Waals surface area contributed by atoms with Crippen LogP contribution >= 0.6 is 0 Å². The van der Waals surface area contributed by atoms with Crippen molar-refractivity contribution in [3.05, 3.63) is 102 Å². The first kappa shape index (κ1) is 20.0. The molecule has 0 atom stereocenters. The van der Waals surface area contributed by atoms with E-state index >= 15 is 0 Å². The first-order chi connectivity index (χ1) is 15.1. The molecule has 0 aliphatic carbocycles. The lowest BCUT2D eigenvalue weighted by Crippen LogP contribution is -2.14. The van der Waals surface area contributed by atoms with E-state index in [0.717, 1.165) is 16.3 Å². The van der Waals surface area contributed by atoms with Gasteiger partial charge in [0.15, 0.2) is 0 Å². The van der Waals surface area contributed by atoms with Crippen LogP contribution in [0.15, 0.2) is 96.2 Å². The number of fused-ring (bicyclic) bond motifs is 1. The maximum atomic E-state index is 12.4. The van der Waals surface area contributed by atoms with Crippen molar-refractivity contribution >= 4 is 28.3 Å². The number of oxime groups is 1. The minimum Gasteiger partial charge on any atom is -0.508 e. The van der Waals surface area contributed by atoms with E-state index in [2.05, 4.69) is 10.5 Å². The van der Waals surface area contributed by atoms with Gasteiger partial charge in [0, 0.05) is 23.4 Å². The molecule has 0 aliphatic heterocycles. The number of nitrogens with zero attached hydrogens (tertiary/aromatic N) is 1. The van der Waals surface area contributed by atoms with E-state index in [4.69, 9.17) is 4.84 Å². The van der Waals surface area contributed by atoms with Crippen LogP contribution in [-0.2, 0) is 11.3 Å². The summed E-state index contributed by atoms with van der Waals surface area (Å²) in [7, 11) is 0. The van der Waals surface area contributed by atoms with Crippen LogP contribution in [-0.4, -0.2) is 22.0 Å². The predicted molar refractivity (Wildman–Crippen MR) is 121 cm³/mol. The Morgan fingerprint density at radius 1 is 0.871 bits per heavy atom. The first-order valence-electron chi connectivity index (χ1n) is 9.69. The molecule has 6 nitrogen and oxygen atoms in total. The molecule has 4 aromatic rings. The summed E-state index contributed by atoms with van der Waals surface area (Å²) < 4.78 is 0. The summed E-state index contributed by atoms with van der Waals surface area (Å²) in [6.07, 6.45) is -0.430. The third-order valence-electron chi connectivity index (χ3n) is 4.77. The summed E-state index contributed by atoms with van der Waals surface area (Å²) in [5.74, 6) is -0.234. The largest absolute Gasteiger partial charge is 0.508 e. The molecule has 0 aliphatic rings. The maximum absolute atomic E-state index is 12.4. The van der Waals surface area contributed by atoms with Crippen LogP contribution in [0.3, 0.4) is 0 Å². The van der Waals surface area contributed by atoms with Gasteiger partial charge in [0.05, 0.1) is 11.4 Å². The Balaban J connectivity index is 1.58. The van der Waals surface area contributed by atoms with Crippen molar-refractivity contribution < 1.29 is 19.8 Å². The first-order valence-corrected chi connectivity index (χ1v) is 9.69. The van der Waals surface area contributed by atoms with Crippen LogP contribution in [0, 0.1) is 0 Å². The second-order valence-corrected chi connectivity index (χ2v) is 6.93. The highest BCUT2D eigenvalue weighted by Crippen LogP contribution is 2.25. The van der Waals surface area contributed by atoms with Gasteiger partial charge < -0.3 is 10.2 Å². The fourth-order valence-electron chi connectivity index (χ4n) is 3.29. The lowest BCUT2D eigenvalue weighted by molar-refractivity contribution is 0.166. The summed E-state index contributed by atoms with van der Waals surface area (Å²) in [4.78, 5) is 17.6. The van der Waals surface area contributed by atoms with Gasteiger partial charge in [-0.2, -0.15) is 0 Å². The second-order valence-electron chi connectivity index (χ2n) is 6.93. The number of anilines is 1. The molecule has 0 fully saturated rings. The normalized spacial score (nSPS) is 11.3. The highest BCUT2D eigenvalue weighted by Gasteiger charge is 2.14. The summed E-state index contributed by atoms with van der Waals surface area (Å²) in [5, 5.41) is 28.4. The highest BCUT2D eigenvalue weighted by molar-refractivity contribution is 6.04. The second kappa shape index (κ2) is 9.00. The van der Waals surface area contributed by atoms with Gasteiger partial charge in [-0.1, -0.05) is 71.9 Å². The van der Waals surface area contributed by atoms with Gasteiger partial charge in [-0.15, -0.1) is 0 Å². The number of rotatable bonds is 5. The smallest absolute Gasteiger partial charge is 0.437 e. The number of aromatic hydroxyl groups is 2. The average Bonchev–Trinajstić information content (AvgIpc) is 2.78. The molecule has 6 heteroatoms. The van der Waals surface area contributed by atoms with Gasteiger partial charge in [0.2, 0.25) is 0 Å². The quantitative estimate of drug-likeness (QED) is 0.231. The van der Waals surface area contributed by atoms with E-state index < -0.39 is 6.09 Å². The molecular formula is C25H20N2O4. The van der Waals surface area contributed by atoms with Crippen LogP contribution in [0.4, 0.5) is 10.5 Å². The van der Waals surface area contributed by atoms with E-state index in [9.17, 15) is 15.0 Å². The summed E-state index contributed by atoms with van der Waals surface area (Å²) in [6, 6.07) is 26.9. The molecule has 3 N–H and O–H groups in total. The highest BCUT2D eigenvalue weighted by atomic mass is 16.7. The van der Waals surface area contributed by atoms with Crippen LogP contribution < -0.4 is 5.32 Å². The predicted octanol–water partition coefficient (Wildman–Crippen LogP) is 5.45. The number of hydrogen-bond acceptors (Lipinski definition) is 5. The monoisotopic (exact) mass is 412 g/mol. The van der Waals surface area contributed by atoms with Crippen molar-refractivity contribution in [1.29, 1.82) is 0 Å². The minimum absolute atomic E-state index is 0.0741. The molecule has 0 heterocycles. The Bertz CT molecular complexity index is 1250. The molecule has 0 saturated heterocycles. The molecule has 0 unspecified atom stereocenters. The molecule has 4 rings (SSSR count). The number of phenolic OH excluding ortho intramolecular Hbond substituents is 2. The molecule has 31 heavy (non-hydrogen) atoms. The van der Waals surface area contributed by atoms with Crippen LogP contribution in [0.1, 0.15) is 11.1 Å².